The maximum atomic E-state index is 13.4. The molecule has 0 aromatic heterocycles. The molecule has 17 heavy (non-hydrogen) atoms. The van der Waals surface area contributed by atoms with Gasteiger partial charge in [-0.2, -0.15) is 0 Å². The van der Waals surface area contributed by atoms with E-state index in [-0.39, 0.29) is 23.3 Å². The van der Waals surface area contributed by atoms with E-state index in [0.29, 0.717) is 24.8 Å². The number of primary amides is 1. The van der Waals surface area contributed by atoms with Gasteiger partial charge in [-0.15, -0.1) is 0 Å². The van der Waals surface area contributed by atoms with Crippen LogP contribution in [0.15, 0.2) is 6.07 Å². The molecule has 1 aliphatic carbocycles. The minimum absolute atomic E-state index is 0.169. The Morgan fingerprint density at radius 3 is 2.82 bits per heavy atom. The summed E-state index contributed by atoms with van der Waals surface area (Å²) in [7, 11) is 0. The summed E-state index contributed by atoms with van der Waals surface area (Å²) in [5.41, 5.74) is 5.90. The molecule has 0 bridgehead atoms. The first-order valence-corrected chi connectivity index (χ1v) is 5.35. The molecule has 0 radical (unpaired) electrons. The predicted octanol–water partition coefficient (Wildman–Crippen LogP) is 1.08. The van der Waals surface area contributed by atoms with Crippen molar-refractivity contribution < 1.29 is 19.1 Å². The van der Waals surface area contributed by atoms with Crippen molar-refractivity contribution in [2.75, 3.05) is 0 Å². The molecule has 2 rings (SSSR count). The number of amides is 1. The number of phenolic OH excluding ortho intramolecular Hbond substituents is 1. The number of hydrogen-bond acceptors (Lipinski definition) is 3. The molecule has 1 aromatic carbocycles. The number of aromatic hydroxyl groups is 1. The molecule has 1 amide bonds. The Morgan fingerprint density at radius 1 is 1.47 bits per heavy atom. The first-order chi connectivity index (χ1) is 8.00. The zero-order valence-electron chi connectivity index (χ0n) is 9.12. The number of carbonyl (C=O) groups is 2. The zero-order chi connectivity index (χ0) is 12.6. The van der Waals surface area contributed by atoms with Crippen molar-refractivity contribution in [2.24, 2.45) is 5.73 Å². The van der Waals surface area contributed by atoms with Crippen LogP contribution >= 0.6 is 0 Å². The van der Waals surface area contributed by atoms with Gasteiger partial charge in [-0.3, -0.25) is 9.59 Å². The van der Waals surface area contributed by atoms with Crippen molar-refractivity contribution in [1.82, 2.24) is 0 Å². The number of halogens is 1. The van der Waals surface area contributed by atoms with Crippen LogP contribution in [-0.4, -0.2) is 16.8 Å². The first kappa shape index (κ1) is 11.6. The minimum atomic E-state index is -0.810. The van der Waals surface area contributed by atoms with E-state index in [1.54, 1.807) is 0 Å². The van der Waals surface area contributed by atoms with Crippen LogP contribution in [0.25, 0.3) is 0 Å². The zero-order valence-corrected chi connectivity index (χ0v) is 9.12. The number of nitrogens with two attached hydrogens (primary N) is 1. The number of fused-ring (bicyclic) bond motifs is 1. The van der Waals surface area contributed by atoms with Crippen molar-refractivity contribution in [3.63, 3.8) is 0 Å². The molecule has 0 fully saturated rings. The van der Waals surface area contributed by atoms with Crippen LogP contribution in [0.1, 0.15) is 34.3 Å². The minimum Gasteiger partial charge on any atom is -0.505 e. The van der Waals surface area contributed by atoms with E-state index in [9.17, 15) is 19.1 Å². The molecular weight excluding hydrogens is 225 g/mol. The molecule has 1 aromatic rings. The van der Waals surface area contributed by atoms with Crippen molar-refractivity contribution in [3.05, 3.63) is 28.6 Å². The number of hydrogen-bond donors (Lipinski definition) is 2. The molecule has 0 spiro atoms. The van der Waals surface area contributed by atoms with Crippen LogP contribution < -0.4 is 5.73 Å². The summed E-state index contributed by atoms with van der Waals surface area (Å²) < 4.78 is 13.4. The number of rotatable bonds is 2. The highest BCUT2D eigenvalue weighted by atomic mass is 19.1. The lowest BCUT2D eigenvalue weighted by molar-refractivity contribution is -0.117. The molecule has 5 heteroatoms. The summed E-state index contributed by atoms with van der Waals surface area (Å²) >= 11 is 0. The topological polar surface area (TPSA) is 80.4 Å². The lowest BCUT2D eigenvalue weighted by atomic mass is 9.85. The third-order valence-corrected chi connectivity index (χ3v) is 2.91. The molecule has 3 N–H and O–H groups in total. The predicted molar refractivity (Wildman–Crippen MR) is 58.2 cm³/mol. The Balaban J connectivity index is 2.63. The quantitative estimate of drug-likeness (QED) is 0.807. The summed E-state index contributed by atoms with van der Waals surface area (Å²) in [6.07, 6.45) is 1.18. The normalized spacial score (nSPS) is 14.5. The fourth-order valence-corrected chi connectivity index (χ4v) is 2.22. The second-order valence-electron chi connectivity index (χ2n) is 4.14. The van der Waals surface area contributed by atoms with Crippen molar-refractivity contribution in [1.29, 1.82) is 0 Å². The van der Waals surface area contributed by atoms with Gasteiger partial charge in [0.15, 0.2) is 17.3 Å². The highest BCUT2D eigenvalue weighted by Crippen LogP contribution is 2.33. The second kappa shape index (κ2) is 4.16. The SMILES string of the molecule is NC(=O)Cc1cc(F)c(O)c2c1C(=O)CCC2. The number of Topliss-reactive ketones (excluding diaryl/α,β-unsaturated/α-hetero) is 1. The van der Waals surface area contributed by atoms with Gasteiger partial charge in [-0.05, 0) is 24.5 Å². The summed E-state index contributed by atoms with van der Waals surface area (Å²) in [6.45, 7) is 0. The number of ketones is 1. The van der Waals surface area contributed by atoms with Gasteiger partial charge in [0, 0.05) is 17.5 Å². The largest absolute Gasteiger partial charge is 0.505 e. The third kappa shape index (κ3) is 2.00. The van der Waals surface area contributed by atoms with Crippen LogP contribution in [0.4, 0.5) is 4.39 Å². The van der Waals surface area contributed by atoms with E-state index in [0.717, 1.165) is 6.07 Å². The van der Waals surface area contributed by atoms with Crippen molar-refractivity contribution in [2.45, 2.75) is 25.7 Å². The van der Waals surface area contributed by atoms with E-state index >= 15 is 0 Å². The maximum Gasteiger partial charge on any atom is 0.221 e. The van der Waals surface area contributed by atoms with Crippen LogP contribution in [0.3, 0.4) is 0 Å². The third-order valence-electron chi connectivity index (χ3n) is 2.91. The van der Waals surface area contributed by atoms with Crippen LogP contribution in [0.5, 0.6) is 5.75 Å². The van der Waals surface area contributed by atoms with Gasteiger partial charge < -0.3 is 10.8 Å². The molecule has 0 atom stereocenters. The van der Waals surface area contributed by atoms with Gasteiger partial charge in [0.1, 0.15) is 0 Å². The Morgan fingerprint density at radius 2 is 2.18 bits per heavy atom. The van der Waals surface area contributed by atoms with E-state index in [2.05, 4.69) is 0 Å². The monoisotopic (exact) mass is 237 g/mol. The van der Waals surface area contributed by atoms with E-state index in [1.165, 1.54) is 0 Å². The number of carbonyl (C=O) groups excluding carboxylic acids is 2. The lowest BCUT2D eigenvalue weighted by Crippen LogP contribution is -2.20. The molecule has 0 saturated heterocycles. The molecule has 90 valence electrons. The molecule has 0 aliphatic heterocycles. The summed E-state index contributed by atoms with van der Waals surface area (Å²) in [6, 6.07) is 1.02. The second-order valence-corrected chi connectivity index (χ2v) is 4.14. The molecule has 4 nitrogen and oxygen atoms in total. The molecule has 0 unspecified atom stereocenters. The Hall–Kier alpha value is -1.91. The Labute approximate surface area is 97.2 Å². The summed E-state index contributed by atoms with van der Waals surface area (Å²) in [4.78, 5) is 22.6. The van der Waals surface area contributed by atoms with Crippen molar-refractivity contribution >= 4 is 11.7 Å². The van der Waals surface area contributed by atoms with Gasteiger partial charge in [0.05, 0.1) is 6.42 Å². The van der Waals surface area contributed by atoms with Gasteiger partial charge >= 0.3 is 0 Å². The van der Waals surface area contributed by atoms with E-state index in [1.807, 2.05) is 0 Å². The molecule has 1 aliphatic rings. The van der Waals surface area contributed by atoms with Gasteiger partial charge in [0.25, 0.3) is 0 Å². The Kier molecular flexibility index (Phi) is 2.83. The fourth-order valence-electron chi connectivity index (χ4n) is 2.22. The lowest BCUT2D eigenvalue weighted by Gasteiger charge is -2.19. The first-order valence-electron chi connectivity index (χ1n) is 5.35. The van der Waals surface area contributed by atoms with Crippen LogP contribution in [-0.2, 0) is 17.6 Å². The van der Waals surface area contributed by atoms with Crippen LogP contribution in [0.2, 0.25) is 0 Å². The Bertz CT molecular complexity index is 511. The molecular formula is C12H12FNO3. The average Bonchev–Trinajstić information content (AvgIpc) is 2.24. The highest BCUT2D eigenvalue weighted by molar-refractivity contribution is 6.01. The smallest absolute Gasteiger partial charge is 0.221 e. The van der Waals surface area contributed by atoms with Crippen molar-refractivity contribution in [3.8, 4) is 5.75 Å². The fraction of sp³-hybridized carbons (Fsp3) is 0.333. The standard InChI is InChI=1S/C12H12FNO3/c13-8-4-6(5-10(14)16)11-7(12(8)17)2-1-3-9(11)15/h4,17H,1-3,5H2,(H2,14,16). The highest BCUT2D eigenvalue weighted by Gasteiger charge is 2.26. The summed E-state index contributed by atoms with van der Waals surface area (Å²) in [5.74, 6) is -2.09. The van der Waals surface area contributed by atoms with E-state index < -0.39 is 17.5 Å². The van der Waals surface area contributed by atoms with Gasteiger partial charge in [0.2, 0.25) is 5.91 Å². The van der Waals surface area contributed by atoms with E-state index in [4.69, 9.17) is 5.73 Å². The molecule has 0 heterocycles. The summed E-state index contributed by atoms with van der Waals surface area (Å²) in [5, 5.41) is 9.58. The number of benzene rings is 1. The van der Waals surface area contributed by atoms with Gasteiger partial charge in [-0.1, -0.05) is 0 Å². The molecule has 0 saturated carbocycles. The maximum absolute atomic E-state index is 13.4. The van der Waals surface area contributed by atoms with Gasteiger partial charge in [-0.25, -0.2) is 4.39 Å². The van der Waals surface area contributed by atoms with Crippen LogP contribution in [0, 0.1) is 5.82 Å². The number of phenols is 1. The average molecular weight is 237 g/mol.